The van der Waals surface area contributed by atoms with Crippen LogP contribution in [-0.2, 0) is 8.85 Å². The molecule has 0 aromatic heterocycles. The van der Waals surface area contributed by atoms with E-state index in [9.17, 15) is 0 Å². The van der Waals surface area contributed by atoms with Crippen LogP contribution in [0, 0.1) is 0 Å². The van der Waals surface area contributed by atoms with Crippen LogP contribution in [0.3, 0.4) is 0 Å². The fourth-order valence-corrected chi connectivity index (χ4v) is 9.61. The molecule has 0 atom stereocenters. The first-order valence-electron chi connectivity index (χ1n) is 9.86. The molecule has 0 aromatic rings. The Labute approximate surface area is 147 Å². The van der Waals surface area contributed by atoms with Crippen LogP contribution >= 0.6 is 0 Å². The first-order chi connectivity index (χ1) is 11.2. The van der Waals surface area contributed by atoms with E-state index in [1.54, 1.807) is 0 Å². The topological polar surface area (TPSA) is 24.9 Å². The maximum Gasteiger partial charge on any atom is 0.321 e. The first kappa shape index (κ1) is 21.3. The van der Waals surface area contributed by atoms with Gasteiger partial charge in [-0.1, -0.05) is 20.8 Å². The molecule has 0 radical (unpaired) electrons. The van der Waals surface area contributed by atoms with Crippen molar-refractivity contribution in [1.29, 1.82) is 0 Å². The molecule has 1 aliphatic heterocycles. The Hall–Kier alpha value is 0.274. The number of hydrogen-bond acceptors (Lipinski definition) is 4. The summed E-state index contributed by atoms with van der Waals surface area (Å²) in [6.07, 6.45) is 1.23. The summed E-state index contributed by atoms with van der Waals surface area (Å²) in [4.78, 5) is 2.65. The van der Waals surface area contributed by atoms with E-state index in [-0.39, 0.29) is 0 Å². The average molecular weight is 361 g/mol. The molecule has 1 aliphatic rings. The second-order valence-corrected chi connectivity index (χ2v) is 13.9. The lowest BCUT2D eigenvalue weighted by Gasteiger charge is -2.46. The summed E-state index contributed by atoms with van der Waals surface area (Å²) >= 11 is 0. The highest BCUT2D eigenvalue weighted by atomic mass is 28.3. The van der Waals surface area contributed by atoms with Gasteiger partial charge < -0.3 is 18.3 Å². The molecule has 0 bridgehead atoms. The minimum atomic E-state index is -1.39. The molecule has 138 valence electrons. The van der Waals surface area contributed by atoms with Crippen molar-refractivity contribution in [2.75, 3.05) is 45.9 Å². The van der Waals surface area contributed by atoms with Crippen LogP contribution in [0.2, 0.25) is 24.2 Å². The summed E-state index contributed by atoms with van der Waals surface area (Å²) in [6.45, 7) is 19.3. The zero-order valence-electron chi connectivity index (χ0n) is 16.3. The van der Waals surface area contributed by atoms with Gasteiger partial charge in [0.25, 0.3) is 0 Å². The van der Waals surface area contributed by atoms with Crippen molar-refractivity contribution in [3.63, 3.8) is 0 Å². The highest BCUT2D eigenvalue weighted by Gasteiger charge is 2.35. The van der Waals surface area contributed by atoms with Gasteiger partial charge in [0.05, 0.1) is 0 Å². The molecule has 0 amide bonds. The van der Waals surface area contributed by atoms with Crippen molar-refractivity contribution in [3.8, 4) is 0 Å². The van der Waals surface area contributed by atoms with Gasteiger partial charge in [0.15, 0.2) is 0 Å². The number of piperazine rings is 1. The molecule has 0 saturated carbocycles. The maximum absolute atomic E-state index is 5.77. The fraction of sp³-hybridized carbons (Fsp3) is 1.00. The Morgan fingerprint density at radius 2 is 1.35 bits per heavy atom. The average Bonchev–Trinajstić information content (AvgIpc) is 2.58. The quantitative estimate of drug-likeness (QED) is 0.499. The predicted octanol–water partition coefficient (Wildman–Crippen LogP) is 3.29. The molecule has 1 fully saturated rings. The van der Waals surface area contributed by atoms with E-state index in [2.05, 4.69) is 44.1 Å². The van der Waals surface area contributed by atoms with Crippen LogP contribution in [0.4, 0.5) is 0 Å². The summed E-state index contributed by atoms with van der Waals surface area (Å²) in [7, 11) is -2.53. The fourth-order valence-electron chi connectivity index (χ4n) is 3.93. The molecular weight excluding hydrogens is 320 g/mol. The van der Waals surface area contributed by atoms with E-state index in [0.717, 1.165) is 19.3 Å². The van der Waals surface area contributed by atoms with Crippen molar-refractivity contribution in [2.45, 2.75) is 65.2 Å². The summed E-state index contributed by atoms with van der Waals surface area (Å²) in [5, 5.41) is 0. The summed E-state index contributed by atoms with van der Waals surface area (Å²) < 4.78 is 14.4. The van der Waals surface area contributed by atoms with E-state index in [4.69, 9.17) is 8.85 Å². The number of rotatable bonds is 12. The van der Waals surface area contributed by atoms with Gasteiger partial charge in [-0.05, 0) is 51.0 Å². The lowest BCUT2D eigenvalue weighted by atomic mass is 10.3. The minimum Gasteiger partial charge on any atom is -0.397 e. The second kappa shape index (κ2) is 11.8. The van der Waals surface area contributed by atoms with E-state index >= 15 is 0 Å². The Morgan fingerprint density at radius 3 is 1.78 bits per heavy atom. The first-order valence-corrected chi connectivity index (χ1v) is 14.2. The third-order valence-corrected chi connectivity index (χ3v) is 13.7. The summed E-state index contributed by atoms with van der Waals surface area (Å²) in [5.41, 5.74) is 0. The van der Waals surface area contributed by atoms with Crippen LogP contribution in [0.25, 0.3) is 0 Å². The normalized spacial score (nSPS) is 18.0. The largest absolute Gasteiger partial charge is 0.397 e. The van der Waals surface area contributed by atoms with Gasteiger partial charge in [0.1, 0.15) is 8.24 Å². The van der Waals surface area contributed by atoms with Gasteiger partial charge in [-0.25, -0.2) is 0 Å². The number of nitrogens with zero attached hydrogens (tertiary/aromatic N) is 2. The van der Waals surface area contributed by atoms with E-state index in [0.29, 0.717) is 0 Å². The van der Waals surface area contributed by atoms with Crippen molar-refractivity contribution in [2.24, 2.45) is 0 Å². The molecule has 0 unspecified atom stereocenters. The third kappa shape index (κ3) is 6.59. The molecule has 0 aromatic carbocycles. The van der Waals surface area contributed by atoms with Gasteiger partial charge in [-0.15, -0.1) is 0 Å². The van der Waals surface area contributed by atoms with Crippen LogP contribution in [0.15, 0.2) is 0 Å². The third-order valence-electron chi connectivity index (χ3n) is 5.64. The highest BCUT2D eigenvalue weighted by molar-refractivity contribution is 6.77. The zero-order chi connectivity index (χ0) is 17.1. The van der Waals surface area contributed by atoms with Gasteiger partial charge >= 0.3 is 9.28 Å². The van der Waals surface area contributed by atoms with Crippen LogP contribution in [0.1, 0.15) is 41.0 Å². The Balaban J connectivity index is 2.31. The summed E-state index contributed by atoms with van der Waals surface area (Å²) in [6, 6.07) is 5.39. The van der Waals surface area contributed by atoms with Crippen molar-refractivity contribution < 1.29 is 8.85 Å². The molecule has 0 spiro atoms. The smallest absolute Gasteiger partial charge is 0.321 e. The van der Waals surface area contributed by atoms with E-state index in [1.807, 2.05) is 0 Å². The van der Waals surface area contributed by atoms with Crippen LogP contribution in [-0.4, -0.2) is 72.9 Å². The second-order valence-electron chi connectivity index (χ2n) is 6.60. The van der Waals surface area contributed by atoms with Gasteiger partial charge in [0.2, 0.25) is 0 Å². The van der Waals surface area contributed by atoms with E-state index < -0.39 is 17.5 Å². The molecule has 0 aliphatic carbocycles. The molecule has 6 heteroatoms. The highest BCUT2D eigenvalue weighted by Crippen LogP contribution is 2.26. The number of hydrogen-bond donors (Lipinski definition) is 0. The van der Waals surface area contributed by atoms with Crippen molar-refractivity contribution in [1.82, 2.24) is 9.47 Å². The standard InChI is InChI=1S/C17H40N2O2Si2/c1-6-20-22(21-7-2)17-11-12-18-13-15-19(16-14-18)23(8-3,9-4)10-5/h22H,6-17H2,1-5H3. The SMILES string of the molecule is CCO[SiH](CCCN1CCN([Si](CC)(CC)CC)CC1)OCC. The maximum atomic E-state index is 5.77. The molecule has 1 rings (SSSR count). The predicted molar refractivity (Wildman–Crippen MR) is 105 cm³/mol. The molecule has 1 saturated heterocycles. The van der Waals surface area contributed by atoms with Crippen LogP contribution in [0.5, 0.6) is 0 Å². The monoisotopic (exact) mass is 360 g/mol. The van der Waals surface area contributed by atoms with Gasteiger partial charge in [-0.2, -0.15) is 0 Å². The Bertz CT molecular complexity index is 282. The minimum absolute atomic E-state index is 0.799. The van der Waals surface area contributed by atoms with Gasteiger partial charge in [-0.3, -0.25) is 0 Å². The Morgan fingerprint density at radius 1 is 0.826 bits per heavy atom. The lowest BCUT2D eigenvalue weighted by molar-refractivity contribution is 0.177. The van der Waals surface area contributed by atoms with E-state index in [1.165, 1.54) is 57.3 Å². The zero-order valence-corrected chi connectivity index (χ0v) is 18.4. The molecule has 1 heterocycles. The molecular formula is C17H40N2O2Si2. The lowest BCUT2D eigenvalue weighted by Crippen LogP contribution is -2.59. The van der Waals surface area contributed by atoms with Crippen LogP contribution < -0.4 is 0 Å². The molecule has 23 heavy (non-hydrogen) atoms. The van der Waals surface area contributed by atoms with Crippen molar-refractivity contribution in [3.05, 3.63) is 0 Å². The molecule has 0 N–H and O–H groups in total. The Kier molecular flexibility index (Phi) is 10.9. The van der Waals surface area contributed by atoms with Crippen molar-refractivity contribution >= 4 is 17.5 Å². The molecule has 4 nitrogen and oxygen atoms in total. The van der Waals surface area contributed by atoms with Gasteiger partial charge in [0, 0.05) is 39.4 Å². The summed E-state index contributed by atoms with van der Waals surface area (Å²) in [5.74, 6) is 0.